The van der Waals surface area contributed by atoms with Crippen LogP contribution >= 0.6 is 0 Å². The molecule has 5 nitrogen and oxygen atoms in total. The third-order valence-electron chi connectivity index (χ3n) is 5.28. The third kappa shape index (κ3) is 4.32. The molecule has 0 aliphatic carbocycles. The maximum Gasteiger partial charge on any atom is 0.282 e. The van der Waals surface area contributed by atoms with Crippen molar-refractivity contribution in [2.75, 3.05) is 44.6 Å². The summed E-state index contributed by atoms with van der Waals surface area (Å²) >= 11 is 0. The van der Waals surface area contributed by atoms with Crippen LogP contribution in [0.4, 0.5) is 10.1 Å². The van der Waals surface area contributed by atoms with Crippen LogP contribution in [-0.2, 0) is 9.53 Å². The predicted octanol–water partition coefficient (Wildman–Crippen LogP) is -0.885. The van der Waals surface area contributed by atoms with E-state index in [-0.39, 0.29) is 23.5 Å². The summed E-state index contributed by atoms with van der Waals surface area (Å²) in [4.78, 5) is 15.3. The molecule has 6 heteroatoms. The number of quaternary nitrogens is 2. The van der Waals surface area contributed by atoms with E-state index >= 15 is 0 Å². The summed E-state index contributed by atoms with van der Waals surface area (Å²) in [6, 6.07) is 6.13. The standard InChI is InChI=1S/C18H26FN3O2/c1-14(18(23)20-17-7-3-2-6-16(17)19)22-10-8-21(9-11-22)13-15-5-4-12-24-15/h2-3,6-7,14-15H,4-5,8-13H2,1H3,(H,20,23)/p+2/t14-,15-/m0/s1. The molecule has 2 saturated heterocycles. The Morgan fingerprint density at radius 3 is 2.75 bits per heavy atom. The van der Waals surface area contributed by atoms with Crippen molar-refractivity contribution >= 4 is 11.6 Å². The zero-order valence-electron chi connectivity index (χ0n) is 14.3. The lowest BCUT2D eigenvalue weighted by Gasteiger charge is -2.33. The van der Waals surface area contributed by atoms with Crippen LogP contribution in [0, 0.1) is 5.82 Å². The lowest BCUT2D eigenvalue weighted by atomic mass is 10.2. The second-order valence-electron chi connectivity index (χ2n) is 6.94. The molecule has 2 heterocycles. The van der Waals surface area contributed by atoms with E-state index in [0.29, 0.717) is 6.10 Å². The van der Waals surface area contributed by atoms with Gasteiger partial charge in [0.1, 0.15) is 44.6 Å². The number of carbonyl (C=O) groups excluding carboxylic acids is 1. The van der Waals surface area contributed by atoms with E-state index in [1.807, 2.05) is 6.92 Å². The fraction of sp³-hybridized carbons (Fsp3) is 0.611. The van der Waals surface area contributed by atoms with Gasteiger partial charge in [0, 0.05) is 6.61 Å². The first-order valence-corrected chi connectivity index (χ1v) is 8.98. The van der Waals surface area contributed by atoms with Crippen LogP contribution < -0.4 is 15.1 Å². The lowest BCUT2D eigenvalue weighted by molar-refractivity contribution is -1.02. The van der Waals surface area contributed by atoms with Crippen molar-refractivity contribution in [3.63, 3.8) is 0 Å². The molecule has 3 rings (SSSR count). The van der Waals surface area contributed by atoms with Crippen molar-refractivity contribution in [2.24, 2.45) is 0 Å². The number of anilines is 1. The van der Waals surface area contributed by atoms with Gasteiger partial charge in [-0.15, -0.1) is 0 Å². The minimum atomic E-state index is -0.390. The summed E-state index contributed by atoms with van der Waals surface area (Å²) in [5, 5.41) is 2.72. The first-order chi connectivity index (χ1) is 11.6. The topological polar surface area (TPSA) is 47.2 Å². The molecule has 2 aliphatic heterocycles. The zero-order valence-corrected chi connectivity index (χ0v) is 14.3. The van der Waals surface area contributed by atoms with E-state index in [0.717, 1.165) is 39.3 Å². The van der Waals surface area contributed by atoms with E-state index in [9.17, 15) is 9.18 Å². The fourth-order valence-electron chi connectivity index (χ4n) is 3.68. The van der Waals surface area contributed by atoms with Crippen LogP contribution in [0.15, 0.2) is 24.3 Å². The Kier molecular flexibility index (Phi) is 5.81. The summed E-state index contributed by atoms with van der Waals surface area (Å²) in [5.74, 6) is -0.503. The highest BCUT2D eigenvalue weighted by atomic mass is 19.1. The largest absolute Gasteiger partial charge is 0.372 e. The number of para-hydroxylation sites is 1. The van der Waals surface area contributed by atoms with E-state index in [4.69, 9.17) is 4.74 Å². The number of hydrogen-bond acceptors (Lipinski definition) is 2. The molecule has 132 valence electrons. The summed E-state index contributed by atoms with van der Waals surface area (Å²) in [6.45, 7) is 7.98. The van der Waals surface area contributed by atoms with Crippen LogP contribution in [0.3, 0.4) is 0 Å². The van der Waals surface area contributed by atoms with Gasteiger partial charge in [-0.2, -0.15) is 0 Å². The van der Waals surface area contributed by atoms with Gasteiger partial charge in [-0.1, -0.05) is 12.1 Å². The molecule has 0 saturated carbocycles. The second kappa shape index (κ2) is 8.05. The molecular formula is C18H28FN3O2+2. The van der Waals surface area contributed by atoms with Gasteiger partial charge in [0.2, 0.25) is 0 Å². The van der Waals surface area contributed by atoms with Crippen molar-refractivity contribution in [1.82, 2.24) is 0 Å². The van der Waals surface area contributed by atoms with Crippen molar-refractivity contribution < 1.29 is 23.7 Å². The van der Waals surface area contributed by atoms with Crippen LogP contribution in [0.2, 0.25) is 0 Å². The zero-order chi connectivity index (χ0) is 16.9. The van der Waals surface area contributed by atoms with Gasteiger partial charge < -0.3 is 19.9 Å². The second-order valence-corrected chi connectivity index (χ2v) is 6.94. The van der Waals surface area contributed by atoms with Gasteiger partial charge >= 0.3 is 0 Å². The Morgan fingerprint density at radius 1 is 1.33 bits per heavy atom. The number of halogens is 1. The van der Waals surface area contributed by atoms with Gasteiger partial charge in [0.15, 0.2) is 6.04 Å². The molecule has 0 unspecified atom stereocenters. The van der Waals surface area contributed by atoms with E-state index in [1.165, 1.54) is 23.8 Å². The Labute approximate surface area is 142 Å². The first kappa shape index (κ1) is 17.3. The third-order valence-corrected chi connectivity index (χ3v) is 5.28. The molecule has 3 N–H and O–H groups in total. The summed E-state index contributed by atoms with van der Waals surface area (Å²) in [7, 11) is 0. The molecule has 2 atom stereocenters. The highest BCUT2D eigenvalue weighted by Crippen LogP contribution is 2.12. The quantitative estimate of drug-likeness (QED) is 0.653. The fourth-order valence-corrected chi connectivity index (χ4v) is 3.68. The molecule has 0 radical (unpaired) electrons. The minimum absolute atomic E-state index is 0.113. The lowest BCUT2D eigenvalue weighted by Crippen LogP contribution is -3.30. The number of carbonyl (C=O) groups is 1. The number of benzene rings is 1. The molecule has 1 aromatic rings. The van der Waals surface area contributed by atoms with Gasteiger partial charge in [0.05, 0.1) is 5.69 Å². The minimum Gasteiger partial charge on any atom is -0.372 e. The van der Waals surface area contributed by atoms with Gasteiger partial charge in [-0.3, -0.25) is 4.79 Å². The molecule has 0 spiro atoms. The maximum atomic E-state index is 13.7. The Hall–Kier alpha value is -1.50. The number of amides is 1. The number of hydrogen-bond donors (Lipinski definition) is 3. The smallest absolute Gasteiger partial charge is 0.282 e. The van der Waals surface area contributed by atoms with Crippen LogP contribution in [-0.4, -0.2) is 57.4 Å². The van der Waals surface area contributed by atoms with Crippen LogP contribution in [0.5, 0.6) is 0 Å². The van der Waals surface area contributed by atoms with Gasteiger partial charge in [-0.05, 0) is 31.9 Å². The van der Waals surface area contributed by atoms with Crippen molar-refractivity contribution in [3.8, 4) is 0 Å². The Balaban J connectivity index is 1.46. The monoisotopic (exact) mass is 337 g/mol. The van der Waals surface area contributed by atoms with Crippen LogP contribution in [0.25, 0.3) is 0 Å². The average Bonchev–Trinajstić information content (AvgIpc) is 3.10. The van der Waals surface area contributed by atoms with Crippen LogP contribution in [0.1, 0.15) is 19.8 Å². The molecule has 0 bridgehead atoms. The van der Waals surface area contributed by atoms with Gasteiger partial charge in [-0.25, -0.2) is 4.39 Å². The molecule has 2 fully saturated rings. The molecular weight excluding hydrogens is 309 g/mol. The molecule has 24 heavy (non-hydrogen) atoms. The normalized spacial score (nSPS) is 28.5. The molecule has 2 aliphatic rings. The van der Waals surface area contributed by atoms with Gasteiger partial charge in [0.25, 0.3) is 5.91 Å². The maximum absolute atomic E-state index is 13.7. The number of nitrogens with one attached hydrogen (secondary N) is 3. The van der Waals surface area contributed by atoms with E-state index < -0.39 is 0 Å². The van der Waals surface area contributed by atoms with E-state index in [2.05, 4.69) is 5.32 Å². The Morgan fingerprint density at radius 2 is 2.08 bits per heavy atom. The van der Waals surface area contributed by atoms with Crippen molar-refractivity contribution in [3.05, 3.63) is 30.1 Å². The van der Waals surface area contributed by atoms with E-state index in [1.54, 1.807) is 23.1 Å². The Bertz CT molecular complexity index is 555. The number of ether oxygens (including phenoxy) is 1. The predicted molar refractivity (Wildman–Crippen MR) is 89.7 cm³/mol. The SMILES string of the molecule is C[C@@H](C(=O)Nc1ccccc1F)[NH+]1CC[NH+](C[C@@H]2CCCO2)CC1. The average molecular weight is 337 g/mol. The molecule has 1 amide bonds. The number of rotatable bonds is 5. The summed E-state index contributed by atoms with van der Waals surface area (Å²) in [6.07, 6.45) is 2.78. The summed E-state index contributed by atoms with van der Waals surface area (Å²) < 4.78 is 19.4. The highest BCUT2D eigenvalue weighted by molar-refractivity contribution is 5.93. The first-order valence-electron chi connectivity index (χ1n) is 8.98. The van der Waals surface area contributed by atoms with Crippen molar-refractivity contribution in [1.29, 1.82) is 0 Å². The van der Waals surface area contributed by atoms with Crippen molar-refractivity contribution in [2.45, 2.75) is 31.9 Å². The summed E-state index contributed by atoms with van der Waals surface area (Å²) in [5.41, 5.74) is 0.261. The number of piperazine rings is 1. The molecule has 0 aromatic heterocycles. The molecule has 1 aromatic carbocycles. The highest BCUT2D eigenvalue weighted by Gasteiger charge is 2.32.